The van der Waals surface area contributed by atoms with Crippen LogP contribution in [0.25, 0.3) is 0 Å². The number of thioether (sulfide) groups is 1. The Kier molecular flexibility index (Phi) is 6.66. The summed E-state index contributed by atoms with van der Waals surface area (Å²) >= 11 is 1.32. The number of amides is 1. The lowest BCUT2D eigenvalue weighted by Crippen LogP contribution is -2.38. The number of aromatic nitrogens is 3. The highest BCUT2D eigenvalue weighted by molar-refractivity contribution is 7.99. The lowest BCUT2D eigenvalue weighted by atomic mass is 10.2. The zero-order valence-electron chi connectivity index (χ0n) is 14.5. The molecule has 1 aromatic heterocycles. The molecule has 0 atom stereocenters. The van der Waals surface area contributed by atoms with E-state index in [1.54, 1.807) is 4.90 Å². The van der Waals surface area contributed by atoms with E-state index in [2.05, 4.69) is 17.0 Å². The first-order valence-corrected chi connectivity index (χ1v) is 9.22. The number of carbonyl (C=O) groups excluding carboxylic acids is 1. The molecule has 0 radical (unpaired) electrons. The normalized spacial score (nSPS) is 11.0. The van der Waals surface area contributed by atoms with Crippen molar-refractivity contribution in [3.8, 4) is 0 Å². The molecule has 1 aromatic carbocycles. The molecule has 0 saturated carbocycles. The van der Waals surface area contributed by atoms with E-state index in [1.807, 2.05) is 44.2 Å². The van der Waals surface area contributed by atoms with Crippen LogP contribution in [-0.2, 0) is 11.2 Å². The van der Waals surface area contributed by atoms with Crippen LogP contribution in [0.5, 0.6) is 0 Å². The maximum atomic E-state index is 12.6. The van der Waals surface area contributed by atoms with E-state index in [1.165, 1.54) is 16.6 Å². The quantitative estimate of drug-likeness (QED) is 0.587. The number of hydrogen-bond donors (Lipinski definition) is 1. The first-order valence-electron chi connectivity index (χ1n) is 8.23. The molecule has 2 N–H and O–H groups in total. The minimum absolute atomic E-state index is 0.0321. The summed E-state index contributed by atoms with van der Waals surface area (Å²) in [5.74, 6) is 6.90. The Hall–Kier alpha value is -2.02. The van der Waals surface area contributed by atoms with Crippen LogP contribution in [-0.4, -0.2) is 32.6 Å². The molecule has 6 nitrogen and oxygen atoms in total. The third-order valence-electron chi connectivity index (χ3n) is 3.58. The summed E-state index contributed by atoms with van der Waals surface area (Å²) in [6.07, 6.45) is 2.90. The van der Waals surface area contributed by atoms with Crippen molar-refractivity contribution in [3.63, 3.8) is 0 Å². The Bertz CT molecular complexity index is 656. The van der Waals surface area contributed by atoms with Crippen molar-refractivity contribution in [2.45, 2.75) is 51.2 Å². The van der Waals surface area contributed by atoms with Crippen molar-refractivity contribution in [2.75, 3.05) is 16.5 Å². The number of unbranched alkanes of at least 4 members (excludes halogenated alkanes) is 1. The molecular formula is C17H25N5OS. The van der Waals surface area contributed by atoms with Crippen molar-refractivity contribution in [1.82, 2.24) is 14.9 Å². The van der Waals surface area contributed by atoms with Crippen LogP contribution >= 0.6 is 11.8 Å². The van der Waals surface area contributed by atoms with Crippen LogP contribution in [0.15, 0.2) is 35.5 Å². The maximum absolute atomic E-state index is 12.6. The van der Waals surface area contributed by atoms with E-state index >= 15 is 0 Å². The second-order valence-electron chi connectivity index (χ2n) is 5.84. The molecule has 0 bridgehead atoms. The topological polar surface area (TPSA) is 77.0 Å². The van der Waals surface area contributed by atoms with Crippen LogP contribution in [0, 0.1) is 0 Å². The van der Waals surface area contributed by atoms with Gasteiger partial charge in [0.25, 0.3) is 0 Å². The van der Waals surface area contributed by atoms with Gasteiger partial charge in [0.15, 0.2) is 5.82 Å². The molecule has 0 unspecified atom stereocenters. The van der Waals surface area contributed by atoms with Crippen LogP contribution in [0.4, 0.5) is 5.69 Å². The highest BCUT2D eigenvalue weighted by Crippen LogP contribution is 2.20. The predicted molar refractivity (Wildman–Crippen MR) is 98.6 cm³/mol. The summed E-state index contributed by atoms with van der Waals surface area (Å²) in [6.45, 7) is 6.13. The summed E-state index contributed by atoms with van der Waals surface area (Å²) in [6, 6.07) is 9.78. The number of benzene rings is 1. The summed E-state index contributed by atoms with van der Waals surface area (Å²) in [5.41, 5.74) is 0.902. The first kappa shape index (κ1) is 18.3. The maximum Gasteiger partial charge on any atom is 0.237 e. The molecule has 0 aliphatic heterocycles. The molecule has 1 heterocycles. The van der Waals surface area contributed by atoms with E-state index in [0.717, 1.165) is 30.8 Å². The summed E-state index contributed by atoms with van der Waals surface area (Å²) in [7, 11) is 0. The highest BCUT2D eigenvalue weighted by atomic mass is 32.2. The molecule has 7 heteroatoms. The van der Waals surface area contributed by atoms with E-state index in [-0.39, 0.29) is 17.7 Å². The third-order valence-corrected chi connectivity index (χ3v) is 4.40. The van der Waals surface area contributed by atoms with Gasteiger partial charge in [-0.15, -0.1) is 5.10 Å². The van der Waals surface area contributed by atoms with Gasteiger partial charge in [-0.3, -0.25) is 4.79 Å². The molecule has 2 aromatic rings. The average Bonchev–Trinajstić information content (AvgIpc) is 2.92. The lowest BCUT2D eigenvalue weighted by molar-refractivity contribution is -0.116. The molecule has 0 spiro atoms. The van der Waals surface area contributed by atoms with Crippen molar-refractivity contribution in [2.24, 2.45) is 0 Å². The fourth-order valence-corrected chi connectivity index (χ4v) is 3.12. The van der Waals surface area contributed by atoms with Gasteiger partial charge >= 0.3 is 0 Å². The zero-order valence-corrected chi connectivity index (χ0v) is 15.3. The summed E-state index contributed by atoms with van der Waals surface area (Å²) in [4.78, 5) is 20.2. The van der Waals surface area contributed by atoms with E-state index in [9.17, 15) is 4.79 Å². The molecule has 0 saturated heterocycles. The van der Waals surface area contributed by atoms with Crippen LogP contribution in [0.1, 0.15) is 39.4 Å². The van der Waals surface area contributed by atoms with Crippen LogP contribution in [0.2, 0.25) is 0 Å². The largest absolute Gasteiger partial charge is 0.321 e. The van der Waals surface area contributed by atoms with Gasteiger partial charge < -0.3 is 10.7 Å². The monoisotopic (exact) mass is 347 g/mol. The number of hydrogen-bond acceptors (Lipinski definition) is 5. The predicted octanol–water partition coefficient (Wildman–Crippen LogP) is 2.87. The zero-order chi connectivity index (χ0) is 17.5. The number of nitrogens with zero attached hydrogens (tertiary/aromatic N) is 4. The Balaban J connectivity index is 2.01. The average molecular weight is 347 g/mol. The lowest BCUT2D eigenvalue weighted by Gasteiger charge is -2.26. The number of nitrogens with two attached hydrogens (primary N) is 1. The summed E-state index contributed by atoms with van der Waals surface area (Å²) in [5, 5.41) is 4.74. The van der Waals surface area contributed by atoms with Gasteiger partial charge in [-0.05, 0) is 32.4 Å². The Morgan fingerprint density at radius 1 is 1.33 bits per heavy atom. The number of aryl methyl sites for hydroxylation is 1. The number of anilines is 1. The Morgan fingerprint density at radius 3 is 2.67 bits per heavy atom. The van der Waals surface area contributed by atoms with E-state index < -0.39 is 0 Å². The van der Waals surface area contributed by atoms with Gasteiger partial charge in [0.1, 0.15) is 0 Å². The number of rotatable bonds is 8. The van der Waals surface area contributed by atoms with Gasteiger partial charge in [0.05, 0.1) is 5.75 Å². The molecular weight excluding hydrogens is 322 g/mol. The van der Waals surface area contributed by atoms with Crippen LogP contribution < -0.4 is 10.7 Å². The van der Waals surface area contributed by atoms with Crippen molar-refractivity contribution in [3.05, 3.63) is 36.2 Å². The number of nitrogen functional groups attached to an aromatic ring is 1. The molecule has 0 aliphatic carbocycles. The van der Waals surface area contributed by atoms with Gasteiger partial charge in [-0.1, -0.05) is 43.3 Å². The molecule has 0 fully saturated rings. The fraction of sp³-hybridized carbons (Fsp3) is 0.471. The van der Waals surface area contributed by atoms with Gasteiger partial charge in [-0.25, -0.2) is 4.98 Å². The van der Waals surface area contributed by atoms with Crippen LogP contribution in [0.3, 0.4) is 0 Å². The third kappa shape index (κ3) is 4.74. The van der Waals surface area contributed by atoms with Crippen molar-refractivity contribution >= 4 is 23.4 Å². The molecule has 130 valence electrons. The minimum atomic E-state index is 0.0321. The standard InChI is InChI=1S/C17H25N5OS/c1-4-5-11-15-19-17(20-22(15)18)24-12-16(23)21(13(2)3)14-9-7-6-8-10-14/h6-10,13H,4-5,11-12,18H2,1-3H3. The fourth-order valence-electron chi connectivity index (χ4n) is 2.41. The van der Waals surface area contributed by atoms with Gasteiger partial charge in [0, 0.05) is 18.2 Å². The summed E-state index contributed by atoms with van der Waals surface area (Å²) < 4.78 is 0. The van der Waals surface area contributed by atoms with Gasteiger partial charge in [-0.2, -0.15) is 4.79 Å². The SMILES string of the molecule is CCCCc1nc(SCC(=O)N(c2ccccc2)C(C)C)nn1N. The first-order chi connectivity index (χ1) is 11.5. The van der Waals surface area contributed by atoms with Gasteiger partial charge in [0.2, 0.25) is 11.1 Å². The minimum Gasteiger partial charge on any atom is -0.321 e. The smallest absolute Gasteiger partial charge is 0.237 e. The molecule has 24 heavy (non-hydrogen) atoms. The Morgan fingerprint density at radius 2 is 2.04 bits per heavy atom. The van der Waals surface area contributed by atoms with E-state index in [0.29, 0.717) is 5.16 Å². The van der Waals surface area contributed by atoms with E-state index in [4.69, 9.17) is 5.84 Å². The van der Waals surface area contributed by atoms with Crippen molar-refractivity contribution < 1.29 is 4.79 Å². The second-order valence-corrected chi connectivity index (χ2v) is 6.78. The Labute approximate surface area is 147 Å². The molecule has 0 aliphatic rings. The number of carbonyl (C=O) groups is 1. The molecule has 1 amide bonds. The van der Waals surface area contributed by atoms with Crippen molar-refractivity contribution in [1.29, 1.82) is 0 Å². The number of para-hydroxylation sites is 1. The second kappa shape index (κ2) is 8.73. The molecule has 2 rings (SSSR count). The highest BCUT2D eigenvalue weighted by Gasteiger charge is 2.20.